The molecule has 1 rings (SSSR count). The maximum Gasteiger partial charge on any atom is 0.148 e. The molecule has 3 heteroatoms. The third-order valence-corrected chi connectivity index (χ3v) is 2.16. The van der Waals surface area contributed by atoms with Crippen LogP contribution in [0.1, 0.15) is 12.8 Å². The quantitative estimate of drug-likeness (QED) is 0.583. The lowest BCUT2D eigenvalue weighted by atomic mass is 9.87. The Bertz CT molecular complexity index is 208. The molecule has 0 fully saturated rings. The van der Waals surface area contributed by atoms with Crippen molar-refractivity contribution < 1.29 is 14.3 Å². The molecule has 12 heavy (non-hydrogen) atoms. The first-order valence-corrected chi connectivity index (χ1v) is 3.96. The van der Waals surface area contributed by atoms with Crippen LogP contribution in [0.15, 0.2) is 11.6 Å². The minimum Gasteiger partial charge on any atom is -0.376 e. The van der Waals surface area contributed by atoms with Gasteiger partial charge in [0.05, 0.1) is 6.10 Å². The standard InChI is InChI=1S/C9H12O3/c1-12-9-7(5-10)3-2-4-8(9)6-11/h3,5-6,8-9H,2,4H2,1H3/t8?,9-/m0/s1. The lowest BCUT2D eigenvalue weighted by Gasteiger charge is -2.24. The lowest BCUT2D eigenvalue weighted by molar-refractivity contribution is -0.115. The van der Waals surface area contributed by atoms with Gasteiger partial charge in [0.15, 0.2) is 0 Å². The van der Waals surface area contributed by atoms with E-state index < -0.39 is 0 Å². The Morgan fingerprint density at radius 1 is 1.58 bits per heavy atom. The Kier molecular flexibility index (Phi) is 3.17. The van der Waals surface area contributed by atoms with E-state index in [4.69, 9.17) is 4.74 Å². The second-order valence-corrected chi connectivity index (χ2v) is 2.86. The fourth-order valence-electron chi connectivity index (χ4n) is 1.52. The van der Waals surface area contributed by atoms with Gasteiger partial charge in [-0.3, -0.25) is 4.79 Å². The highest BCUT2D eigenvalue weighted by Crippen LogP contribution is 2.24. The van der Waals surface area contributed by atoms with Crippen LogP contribution in [-0.2, 0) is 14.3 Å². The number of ether oxygens (including phenoxy) is 1. The molecule has 0 bridgehead atoms. The first kappa shape index (κ1) is 9.13. The molecule has 0 radical (unpaired) electrons. The van der Waals surface area contributed by atoms with E-state index in [9.17, 15) is 9.59 Å². The van der Waals surface area contributed by atoms with Gasteiger partial charge in [0, 0.05) is 18.6 Å². The van der Waals surface area contributed by atoms with Crippen molar-refractivity contribution >= 4 is 12.6 Å². The van der Waals surface area contributed by atoms with Crippen LogP contribution in [0.3, 0.4) is 0 Å². The largest absolute Gasteiger partial charge is 0.376 e. The fourth-order valence-corrected chi connectivity index (χ4v) is 1.52. The minimum atomic E-state index is -0.325. The molecule has 1 unspecified atom stereocenters. The van der Waals surface area contributed by atoms with E-state index in [1.54, 1.807) is 0 Å². The van der Waals surface area contributed by atoms with E-state index in [-0.39, 0.29) is 12.0 Å². The summed E-state index contributed by atoms with van der Waals surface area (Å²) >= 11 is 0. The lowest BCUT2D eigenvalue weighted by Crippen LogP contribution is -2.29. The minimum absolute atomic E-state index is 0.153. The van der Waals surface area contributed by atoms with E-state index >= 15 is 0 Å². The van der Waals surface area contributed by atoms with Gasteiger partial charge in [0.25, 0.3) is 0 Å². The van der Waals surface area contributed by atoms with Crippen LogP contribution in [0, 0.1) is 5.92 Å². The van der Waals surface area contributed by atoms with Crippen LogP contribution in [-0.4, -0.2) is 25.8 Å². The zero-order valence-electron chi connectivity index (χ0n) is 7.03. The van der Waals surface area contributed by atoms with Crippen LogP contribution in [0.25, 0.3) is 0 Å². The zero-order valence-corrected chi connectivity index (χ0v) is 7.03. The highest BCUT2D eigenvalue weighted by molar-refractivity contribution is 5.77. The predicted molar refractivity (Wildman–Crippen MR) is 43.7 cm³/mol. The third-order valence-electron chi connectivity index (χ3n) is 2.16. The topological polar surface area (TPSA) is 43.4 Å². The number of aldehydes is 2. The summed E-state index contributed by atoms with van der Waals surface area (Å²) in [5.74, 6) is -0.153. The molecule has 1 aliphatic rings. The molecule has 0 amide bonds. The van der Waals surface area contributed by atoms with Crippen molar-refractivity contribution in [2.24, 2.45) is 5.92 Å². The molecular formula is C9H12O3. The van der Waals surface area contributed by atoms with Gasteiger partial charge in [-0.1, -0.05) is 6.08 Å². The monoisotopic (exact) mass is 168 g/mol. The second-order valence-electron chi connectivity index (χ2n) is 2.86. The Labute approximate surface area is 71.4 Å². The Hall–Kier alpha value is -0.960. The molecule has 0 saturated carbocycles. The molecule has 1 aliphatic carbocycles. The maximum atomic E-state index is 10.6. The molecule has 3 nitrogen and oxygen atoms in total. The van der Waals surface area contributed by atoms with Crippen LogP contribution in [0.2, 0.25) is 0 Å². The van der Waals surface area contributed by atoms with Gasteiger partial charge in [-0.2, -0.15) is 0 Å². The van der Waals surface area contributed by atoms with Gasteiger partial charge in [-0.05, 0) is 12.8 Å². The smallest absolute Gasteiger partial charge is 0.148 e. The summed E-state index contributed by atoms with van der Waals surface area (Å²) in [5.41, 5.74) is 0.598. The SMILES string of the molecule is CO[C@H]1C(C=O)=CCCC1C=O. The summed E-state index contributed by atoms with van der Waals surface area (Å²) in [6, 6.07) is 0. The summed E-state index contributed by atoms with van der Waals surface area (Å²) in [6.07, 6.45) is 4.71. The van der Waals surface area contributed by atoms with Gasteiger partial charge in [0.1, 0.15) is 12.6 Å². The molecule has 0 heterocycles. The second kappa shape index (κ2) is 4.16. The van der Waals surface area contributed by atoms with E-state index in [0.29, 0.717) is 5.57 Å². The normalized spacial score (nSPS) is 29.2. The number of methoxy groups -OCH3 is 1. The fraction of sp³-hybridized carbons (Fsp3) is 0.556. The number of carbonyl (C=O) groups is 2. The van der Waals surface area contributed by atoms with Crippen molar-refractivity contribution in [3.8, 4) is 0 Å². The van der Waals surface area contributed by atoms with Gasteiger partial charge < -0.3 is 9.53 Å². The number of rotatable bonds is 3. The molecule has 0 aromatic heterocycles. The Balaban J connectivity index is 2.80. The van der Waals surface area contributed by atoms with Crippen molar-refractivity contribution in [2.45, 2.75) is 18.9 Å². The van der Waals surface area contributed by atoms with Crippen LogP contribution >= 0.6 is 0 Å². The molecule has 66 valence electrons. The highest BCUT2D eigenvalue weighted by Gasteiger charge is 2.26. The van der Waals surface area contributed by atoms with Crippen molar-refractivity contribution in [1.82, 2.24) is 0 Å². The molecule has 0 spiro atoms. The van der Waals surface area contributed by atoms with Gasteiger partial charge in [-0.15, -0.1) is 0 Å². The Morgan fingerprint density at radius 2 is 2.33 bits per heavy atom. The molecule has 0 aromatic carbocycles. The van der Waals surface area contributed by atoms with E-state index in [1.165, 1.54) is 7.11 Å². The van der Waals surface area contributed by atoms with E-state index in [2.05, 4.69) is 0 Å². The van der Waals surface area contributed by atoms with Crippen LogP contribution < -0.4 is 0 Å². The van der Waals surface area contributed by atoms with Crippen molar-refractivity contribution in [3.63, 3.8) is 0 Å². The first-order valence-electron chi connectivity index (χ1n) is 3.96. The Morgan fingerprint density at radius 3 is 2.83 bits per heavy atom. The number of hydrogen-bond acceptors (Lipinski definition) is 3. The number of carbonyl (C=O) groups excluding carboxylic acids is 2. The average Bonchev–Trinajstić information content (AvgIpc) is 2.16. The molecular weight excluding hydrogens is 156 g/mol. The van der Waals surface area contributed by atoms with Gasteiger partial charge >= 0.3 is 0 Å². The van der Waals surface area contributed by atoms with Crippen molar-refractivity contribution in [1.29, 1.82) is 0 Å². The van der Waals surface area contributed by atoms with Gasteiger partial charge in [0.2, 0.25) is 0 Å². The van der Waals surface area contributed by atoms with E-state index in [0.717, 1.165) is 25.4 Å². The first-order chi connectivity index (χ1) is 5.83. The van der Waals surface area contributed by atoms with Crippen LogP contribution in [0.4, 0.5) is 0 Å². The average molecular weight is 168 g/mol. The summed E-state index contributed by atoms with van der Waals surface area (Å²) in [6.45, 7) is 0. The van der Waals surface area contributed by atoms with Gasteiger partial charge in [-0.25, -0.2) is 0 Å². The third kappa shape index (κ3) is 1.61. The van der Waals surface area contributed by atoms with Crippen LogP contribution in [0.5, 0.6) is 0 Å². The predicted octanol–water partition coefficient (Wildman–Crippen LogP) is 0.736. The number of hydrogen-bond donors (Lipinski definition) is 0. The summed E-state index contributed by atoms with van der Waals surface area (Å²) < 4.78 is 5.07. The highest BCUT2D eigenvalue weighted by atomic mass is 16.5. The molecule has 2 atom stereocenters. The zero-order chi connectivity index (χ0) is 8.97. The summed E-state index contributed by atoms with van der Waals surface area (Å²) in [7, 11) is 1.52. The maximum absolute atomic E-state index is 10.6. The van der Waals surface area contributed by atoms with Crippen molar-refractivity contribution in [2.75, 3.05) is 7.11 Å². The van der Waals surface area contributed by atoms with E-state index in [1.807, 2.05) is 6.08 Å². The summed E-state index contributed by atoms with van der Waals surface area (Å²) in [4.78, 5) is 21.1. The molecule has 0 aromatic rings. The molecule has 0 aliphatic heterocycles. The van der Waals surface area contributed by atoms with Crippen molar-refractivity contribution in [3.05, 3.63) is 11.6 Å². The number of allylic oxidation sites excluding steroid dienone is 1. The molecule has 0 saturated heterocycles. The summed E-state index contributed by atoms with van der Waals surface area (Å²) in [5, 5.41) is 0. The molecule has 0 N–H and O–H groups in total.